The molecule has 4 heteroatoms. The molecule has 13 heavy (non-hydrogen) atoms. The summed E-state index contributed by atoms with van der Waals surface area (Å²) < 4.78 is 5.33. The minimum Gasteiger partial charge on any atom is -0.478 e. The molecule has 0 spiro atoms. The van der Waals surface area contributed by atoms with Crippen LogP contribution in [0.15, 0.2) is 12.5 Å². The molecule has 0 saturated heterocycles. The van der Waals surface area contributed by atoms with Gasteiger partial charge < -0.3 is 10.5 Å². The summed E-state index contributed by atoms with van der Waals surface area (Å²) in [5, 5.41) is 0. The summed E-state index contributed by atoms with van der Waals surface area (Å²) in [7, 11) is 0. The second-order valence-corrected chi connectivity index (χ2v) is 2.97. The van der Waals surface area contributed by atoms with Crippen molar-refractivity contribution in [2.45, 2.75) is 26.3 Å². The Labute approximate surface area is 78.1 Å². The molecule has 0 saturated carbocycles. The van der Waals surface area contributed by atoms with E-state index >= 15 is 0 Å². The van der Waals surface area contributed by atoms with Crippen molar-refractivity contribution >= 4 is 0 Å². The highest BCUT2D eigenvalue weighted by Crippen LogP contribution is 2.14. The highest BCUT2D eigenvalue weighted by atomic mass is 16.5. The number of nitrogens with two attached hydrogens (primary N) is 1. The largest absolute Gasteiger partial charge is 0.478 e. The van der Waals surface area contributed by atoms with Gasteiger partial charge in [0.2, 0.25) is 5.88 Å². The summed E-state index contributed by atoms with van der Waals surface area (Å²) in [6.45, 7) is 4.49. The molecule has 1 heterocycles. The molecular weight excluding hydrogens is 166 g/mol. The summed E-state index contributed by atoms with van der Waals surface area (Å²) >= 11 is 0. The first-order valence-corrected chi connectivity index (χ1v) is 4.41. The Morgan fingerprint density at radius 1 is 1.62 bits per heavy atom. The summed E-state index contributed by atoms with van der Waals surface area (Å²) in [5.41, 5.74) is 6.65. The molecule has 1 aromatic rings. The first-order chi connectivity index (χ1) is 6.24. The zero-order chi connectivity index (χ0) is 9.68. The van der Waals surface area contributed by atoms with Gasteiger partial charge in [-0.2, -0.15) is 0 Å². The first-order valence-electron chi connectivity index (χ1n) is 4.41. The van der Waals surface area contributed by atoms with E-state index in [4.69, 9.17) is 10.5 Å². The van der Waals surface area contributed by atoms with Crippen LogP contribution in [0.1, 0.15) is 19.4 Å². The van der Waals surface area contributed by atoms with E-state index in [2.05, 4.69) is 9.97 Å². The Bertz CT molecular complexity index is 263. The van der Waals surface area contributed by atoms with E-state index in [9.17, 15) is 0 Å². The van der Waals surface area contributed by atoms with Gasteiger partial charge >= 0.3 is 0 Å². The standard InChI is InChI=1S/C9H15N3O/c1-3-13-9-8(4-7(2)10)5-11-6-12-9/h5-7H,3-4,10H2,1-2H3. The number of rotatable bonds is 4. The maximum Gasteiger partial charge on any atom is 0.219 e. The fourth-order valence-electron chi connectivity index (χ4n) is 1.10. The molecule has 0 amide bonds. The predicted octanol–water partition coefficient (Wildman–Crippen LogP) is 0.765. The van der Waals surface area contributed by atoms with Crippen molar-refractivity contribution < 1.29 is 4.74 Å². The fraction of sp³-hybridized carbons (Fsp3) is 0.556. The number of ether oxygens (including phenoxy) is 1. The molecule has 1 aromatic heterocycles. The van der Waals surface area contributed by atoms with Crippen LogP contribution in [0.5, 0.6) is 5.88 Å². The molecule has 0 aliphatic heterocycles. The second kappa shape index (κ2) is 4.77. The Kier molecular flexibility index (Phi) is 3.64. The van der Waals surface area contributed by atoms with Gasteiger partial charge in [-0.05, 0) is 20.3 Å². The van der Waals surface area contributed by atoms with Crippen molar-refractivity contribution in [3.05, 3.63) is 18.1 Å². The van der Waals surface area contributed by atoms with E-state index in [0.29, 0.717) is 12.5 Å². The second-order valence-electron chi connectivity index (χ2n) is 2.97. The first kappa shape index (κ1) is 9.92. The smallest absolute Gasteiger partial charge is 0.219 e. The van der Waals surface area contributed by atoms with Gasteiger partial charge in [-0.25, -0.2) is 9.97 Å². The number of hydrogen-bond acceptors (Lipinski definition) is 4. The van der Waals surface area contributed by atoms with E-state index in [1.807, 2.05) is 13.8 Å². The quantitative estimate of drug-likeness (QED) is 0.745. The summed E-state index contributed by atoms with van der Waals surface area (Å²) in [4.78, 5) is 7.97. The van der Waals surface area contributed by atoms with Crippen molar-refractivity contribution in [3.8, 4) is 5.88 Å². The maximum absolute atomic E-state index is 5.68. The van der Waals surface area contributed by atoms with Crippen LogP contribution in [0.2, 0.25) is 0 Å². The monoisotopic (exact) mass is 181 g/mol. The molecule has 0 aliphatic carbocycles. The van der Waals surface area contributed by atoms with Gasteiger partial charge in [0.15, 0.2) is 0 Å². The van der Waals surface area contributed by atoms with Crippen molar-refractivity contribution in [2.24, 2.45) is 5.73 Å². The van der Waals surface area contributed by atoms with Gasteiger partial charge in [0, 0.05) is 17.8 Å². The van der Waals surface area contributed by atoms with Crippen molar-refractivity contribution in [3.63, 3.8) is 0 Å². The Morgan fingerprint density at radius 2 is 2.38 bits per heavy atom. The van der Waals surface area contributed by atoms with Crippen LogP contribution in [0.4, 0.5) is 0 Å². The summed E-state index contributed by atoms with van der Waals surface area (Å²) in [5.74, 6) is 0.648. The van der Waals surface area contributed by atoms with Crippen LogP contribution in [0.25, 0.3) is 0 Å². The topological polar surface area (TPSA) is 61.0 Å². The van der Waals surface area contributed by atoms with Gasteiger partial charge in [-0.1, -0.05) is 0 Å². The zero-order valence-corrected chi connectivity index (χ0v) is 8.03. The number of hydrogen-bond donors (Lipinski definition) is 1. The third kappa shape index (κ3) is 2.99. The van der Waals surface area contributed by atoms with Gasteiger partial charge in [0.05, 0.1) is 6.61 Å². The van der Waals surface area contributed by atoms with Crippen LogP contribution in [0, 0.1) is 0 Å². The Morgan fingerprint density at radius 3 is 3.00 bits per heavy atom. The van der Waals surface area contributed by atoms with Crippen molar-refractivity contribution in [2.75, 3.05) is 6.61 Å². The van der Waals surface area contributed by atoms with E-state index < -0.39 is 0 Å². The zero-order valence-electron chi connectivity index (χ0n) is 8.03. The van der Waals surface area contributed by atoms with Crippen molar-refractivity contribution in [1.82, 2.24) is 9.97 Å². The summed E-state index contributed by atoms with van der Waals surface area (Å²) in [6.07, 6.45) is 3.98. The molecule has 4 nitrogen and oxygen atoms in total. The molecule has 1 rings (SSSR count). The average Bonchev–Trinajstić information content (AvgIpc) is 2.08. The Balaban J connectivity index is 2.78. The summed E-state index contributed by atoms with van der Waals surface area (Å²) in [6, 6.07) is 0.102. The van der Waals surface area contributed by atoms with Gasteiger partial charge in [0.25, 0.3) is 0 Å². The SMILES string of the molecule is CCOc1ncncc1CC(C)N. The molecule has 0 aromatic carbocycles. The third-order valence-corrected chi connectivity index (χ3v) is 1.57. The third-order valence-electron chi connectivity index (χ3n) is 1.57. The fourth-order valence-corrected chi connectivity index (χ4v) is 1.10. The van der Waals surface area contributed by atoms with Gasteiger partial charge in [-0.3, -0.25) is 0 Å². The van der Waals surface area contributed by atoms with Crippen molar-refractivity contribution in [1.29, 1.82) is 0 Å². The van der Waals surface area contributed by atoms with Gasteiger partial charge in [0.1, 0.15) is 6.33 Å². The van der Waals surface area contributed by atoms with Crippen LogP contribution >= 0.6 is 0 Å². The van der Waals surface area contributed by atoms with Gasteiger partial charge in [-0.15, -0.1) is 0 Å². The molecule has 0 radical (unpaired) electrons. The average molecular weight is 181 g/mol. The molecular formula is C9H15N3O. The lowest BCUT2D eigenvalue weighted by molar-refractivity contribution is 0.321. The molecule has 1 atom stereocenters. The Hall–Kier alpha value is -1.16. The number of nitrogens with zero attached hydrogens (tertiary/aromatic N) is 2. The maximum atomic E-state index is 5.68. The predicted molar refractivity (Wildman–Crippen MR) is 50.6 cm³/mol. The van der Waals surface area contributed by atoms with E-state index in [1.54, 1.807) is 6.20 Å². The molecule has 0 bridgehead atoms. The molecule has 0 aliphatic rings. The van der Waals surface area contributed by atoms with Crippen LogP contribution in [0.3, 0.4) is 0 Å². The number of aromatic nitrogens is 2. The lowest BCUT2D eigenvalue weighted by atomic mass is 10.1. The highest BCUT2D eigenvalue weighted by Gasteiger charge is 2.06. The van der Waals surface area contributed by atoms with Crippen LogP contribution in [-0.4, -0.2) is 22.6 Å². The molecule has 72 valence electrons. The minimum absolute atomic E-state index is 0.102. The molecule has 1 unspecified atom stereocenters. The minimum atomic E-state index is 0.102. The van der Waals surface area contributed by atoms with E-state index in [0.717, 1.165) is 12.0 Å². The highest BCUT2D eigenvalue weighted by molar-refractivity contribution is 5.22. The molecule has 2 N–H and O–H groups in total. The van der Waals surface area contributed by atoms with E-state index in [1.165, 1.54) is 6.33 Å². The normalized spacial score (nSPS) is 12.5. The van der Waals surface area contributed by atoms with Crippen LogP contribution < -0.4 is 10.5 Å². The van der Waals surface area contributed by atoms with E-state index in [-0.39, 0.29) is 6.04 Å². The molecule has 0 fully saturated rings. The lowest BCUT2D eigenvalue weighted by Crippen LogP contribution is -2.18. The lowest BCUT2D eigenvalue weighted by Gasteiger charge is -2.09. The van der Waals surface area contributed by atoms with Crippen LogP contribution in [-0.2, 0) is 6.42 Å².